The standard InChI is InChI=1S/C18H22N2O8/c1-9(13(17(24)26-3)18(25)27-4)14(15(19)22)20-16(23)11-5-7-12(8-6-11)28-10(2)21/h5-9,13-14H,1-4H3,(H2,19,22)(H,20,23)/t9-,14+/m0/s1. The lowest BCUT2D eigenvalue weighted by atomic mass is 9.86. The lowest BCUT2D eigenvalue weighted by Gasteiger charge is -2.26. The number of carbonyl (C=O) groups excluding carboxylic acids is 5. The molecule has 0 heterocycles. The van der Waals surface area contributed by atoms with E-state index in [0.29, 0.717) is 0 Å². The number of nitrogens with one attached hydrogen (secondary N) is 1. The zero-order valence-electron chi connectivity index (χ0n) is 15.9. The summed E-state index contributed by atoms with van der Waals surface area (Å²) in [6.45, 7) is 2.62. The number of rotatable bonds is 8. The number of hydrogen-bond acceptors (Lipinski definition) is 8. The molecule has 0 fully saturated rings. The highest BCUT2D eigenvalue weighted by Gasteiger charge is 2.41. The van der Waals surface area contributed by atoms with Crippen LogP contribution < -0.4 is 15.8 Å². The Labute approximate surface area is 161 Å². The Bertz CT molecular complexity index is 743. The highest BCUT2D eigenvalue weighted by molar-refractivity contribution is 5.99. The van der Waals surface area contributed by atoms with Crippen molar-refractivity contribution < 1.29 is 38.2 Å². The van der Waals surface area contributed by atoms with Gasteiger partial charge in [0, 0.05) is 18.4 Å². The summed E-state index contributed by atoms with van der Waals surface area (Å²) in [5.74, 6) is -6.26. The predicted molar refractivity (Wildman–Crippen MR) is 94.9 cm³/mol. The molecule has 2 atom stereocenters. The number of methoxy groups -OCH3 is 2. The first-order valence-corrected chi connectivity index (χ1v) is 8.16. The Balaban J connectivity index is 3.03. The van der Waals surface area contributed by atoms with Gasteiger partial charge in [0.2, 0.25) is 5.91 Å². The molecule has 0 aromatic heterocycles. The van der Waals surface area contributed by atoms with Gasteiger partial charge in [-0.15, -0.1) is 0 Å². The number of ether oxygens (including phenoxy) is 3. The van der Waals surface area contributed by atoms with Crippen LogP contribution in [0.2, 0.25) is 0 Å². The maximum atomic E-state index is 12.4. The molecular formula is C18H22N2O8. The first-order chi connectivity index (χ1) is 13.1. The second kappa shape index (κ2) is 10.0. The Morgan fingerprint density at radius 2 is 1.46 bits per heavy atom. The van der Waals surface area contributed by atoms with Crippen LogP contribution >= 0.6 is 0 Å². The Kier molecular flexibility index (Phi) is 8.11. The van der Waals surface area contributed by atoms with E-state index in [-0.39, 0.29) is 11.3 Å². The highest BCUT2D eigenvalue weighted by atomic mass is 16.5. The van der Waals surface area contributed by atoms with Crippen molar-refractivity contribution in [3.63, 3.8) is 0 Å². The topological polar surface area (TPSA) is 151 Å². The van der Waals surface area contributed by atoms with Crippen LogP contribution in [-0.4, -0.2) is 50.0 Å². The van der Waals surface area contributed by atoms with Crippen molar-refractivity contribution in [2.45, 2.75) is 19.9 Å². The molecule has 28 heavy (non-hydrogen) atoms. The average molecular weight is 394 g/mol. The van der Waals surface area contributed by atoms with E-state index in [1.54, 1.807) is 0 Å². The van der Waals surface area contributed by atoms with Gasteiger partial charge in [0.15, 0.2) is 5.92 Å². The minimum absolute atomic E-state index is 0.141. The molecule has 0 saturated heterocycles. The summed E-state index contributed by atoms with van der Waals surface area (Å²) in [4.78, 5) is 59.1. The summed E-state index contributed by atoms with van der Waals surface area (Å²) in [5, 5.41) is 2.39. The predicted octanol–water partition coefficient (Wildman–Crippen LogP) is -0.206. The van der Waals surface area contributed by atoms with Crippen molar-refractivity contribution in [3.05, 3.63) is 29.8 Å². The van der Waals surface area contributed by atoms with Gasteiger partial charge < -0.3 is 25.3 Å². The summed E-state index contributed by atoms with van der Waals surface area (Å²) in [7, 11) is 2.15. The first-order valence-electron chi connectivity index (χ1n) is 8.16. The van der Waals surface area contributed by atoms with Crippen molar-refractivity contribution in [2.75, 3.05) is 14.2 Å². The third kappa shape index (κ3) is 5.79. The molecule has 152 valence electrons. The monoisotopic (exact) mass is 394 g/mol. The SMILES string of the molecule is COC(=O)C(C(=O)OC)[C@H](C)[C@@H](NC(=O)c1ccc(OC(C)=O)cc1)C(N)=O. The highest BCUT2D eigenvalue weighted by Crippen LogP contribution is 2.20. The third-order valence-corrected chi connectivity index (χ3v) is 3.93. The molecule has 1 aromatic rings. The van der Waals surface area contributed by atoms with E-state index in [1.807, 2.05) is 0 Å². The van der Waals surface area contributed by atoms with E-state index >= 15 is 0 Å². The number of nitrogens with two attached hydrogens (primary N) is 1. The van der Waals surface area contributed by atoms with Crippen LogP contribution in [0.3, 0.4) is 0 Å². The van der Waals surface area contributed by atoms with Gasteiger partial charge in [-0.05, 0) is 24.3 Å². The first kappa shape index (κ1) is 22.6. The molecule has 2 amide bonds. The van der Waals surface area contributed by atoms with Crippen LogP contribution in [0.25, 0.3) is 0 Å². The van der Waals surface area contributed by atoms with Gasteiger partial charge in [-0.2, -0.15) is 0 Å². The van der Waals surface area contributed by atoms with Crippen molar-refractivity contribution in [3.8, 4) is 5.75 Å². The maximum Gasteiger partial charge on any atom is 0.320 e. The zero-order chi connectivity index (χ0) is 21.4. The second-order valence-corrected chi connectivity index (χ2v) is 5.85. The minimum atomic E-state index is -1.46. The van der Waals surface area contributed by atoms with Crippen molar-refractivity contribution in [1.82, 2.24) is 5.32 Å². The minimum Gasteiger partial charge on any atom is -0.468 e. The van der Waals surface area contributed by atoms with Gasteiger partial charge in [-0.3, -0.25) is 24.0 Å². The smallest absolute Gasteiger partial charge is 0.320 e. The number of carbonyl (C=O) groups is 5. The normalized spacial score (nSPS) is 12.5. The molecular weight excluding hydrogens is 372 g/mol. The van der Waals surface area contributed by atoms with Gasteiger partial charge in [0.1, 0.15) is 11.8 Å². The summed E-state index contributed by atoms with van der Waals surface area (Å²) in [6.07, 6.45) is 0. The molecule has 10 heteroatoms. The van der Waals surface area contributed by atoms with Crippen molar-refractivity contribution >= 4 is 29.7 Å². The quantitative estimate of drug-likeness (QED) is 0.349. The molecule has 0 aliphatic rings. The Hall–Kier alpha value is -3.43. The van der Waals surface area contributed by atoms with Gasteiger partial charge in [-0.1, -0.05) is 6.92 Å². The van der Waals surface area contributed by atoms with Gasteiger partial charge in [0.05, 0.1) is 14.2 Å². The number of esters is 3. The molecule has 1 aromatic carbocycles. The number of hydrogen-bond donors (Lipinski definition) is 2. The lowest BCUT2D eigenvalue weighted by Crippen LogP contribution is -2.52. The molecule has 0 unspecified atom stereocenters. The Morgan fingerprint density at radius 1 is 0.964 bits per heavy atom. The maximum absolute atomic E-state index is 12.4. The fourth-order valence-electron chi connectivity index (χ4n) is 2.50. The largest absolute Gasteiger partial charge is 0.468 e. The number of amides is 2. The van der Waals surface area contributed by atoms with Crippen LogP contribution in [-0.2, 0) is 28.7 Å². The van der Waals surface area contributed by atoms with Gasteiger partial charge in [-0.25, -0.2) is 0 Å². The molecule has 0 aliphatic heterocycles. The van der Waals surface area contributed by atoms with E-state index in [4.69, 9.17) is 10.5 Å². The molecule has 3 N–H and O–H groups in total. The molecule has 1 rings (SSSR count). The summed E-state index contributed by atoms with van der Waals surface area (Å²) < 4.78 is 14.0. The fourth-order valence-corrected chi connectivity index (χ4v) is 2.50. The van der Waals surface area contributed by atoms with Crippen molar-refractivity contribution in [1.29, 1.82) is 0 Å². The third-order valence-electron chi connectivity index (χ3n) is 3.93. The van der Waals surface area contributed by atoms with E-state index in [1.165, 1.54) is 38.1 Å². The summed E-state index contributed by atoms with van der Waals surface area (Å²) >= 11 is 0. The molecule has 0 saturated carbocycles. The summed E-state index contributed by atoms with van der Waals surface area (Å²) in [6, 6.07) is 4.17. The average Bonchev–Trinajstić information content (AvgIpc) is 2.65. The van der Waals surface area contributed by atoms with Gasteiger partial charge in [0.25, 0.3) is 5.91 Å². The van der Waals surface area contributed by atoms with E-state index in [0.717, 1.165) is 14.2 Å². The lowest BCUT2D eigenvalue weighted by molar-refractivity contribution is -0.162. The van der Waals surface area contributed by atoms with E-state index in [2.05, 4.69) is 14.8 Å². The van der Waals surface area contributed by atoms with E-state index < -0.39 is 47.6 Å². The second-order valence-electron chi connectivity index (χ2n) is 5.85. The molecule has 0 spiro atoms. The van der Waals surface area contributed by atoms with Crippen LogP contribution in [0.5, 0.6) is 5.75 Å². The van der Waals surface area contributed by atoms with Crippen molar-refractivity contribution in [2.24, 2.45) is 17.6 Å². The fraction of sp³-hybridized carbons (Fsp3) is 0.389. The summed E-state index contributed by atoms with van der Waals surface area (Å²) in [5.41, 5.74) is 5.49. The van der Waals surface area contributed by atoms with E-state index in [9.17, 15) is 24.0 Å². The Morgan fingerprint density at radius 3 is 1.86 bits per heavy atom. The van der Waals surface area contributed by atoms with Crippen LogP contribution in [0.1, 0.15) is 24.2 Å². The number of primary amides is 1. The van der Waals surface area contributed by atoms with Crippen LogP contribution in [0.4, 0.5) is 0 Å². The van der Waals surface area contributed by atoms with Crippen LogP contribution in [0.15, 0.2) is 24.3 Å². The zero-order valence-corrected chi connectivity index (χ0v) is 15.9. The molecule has 0 radical (unpaired) electrons. The molecule has 0 aliphatic carbocycles. The molecule has 0 bridgehead atoms. The number of benzene rings is 1. The van der Waals surface area contributed by atoms with Crippen LogP contribution in [0, 0.1) is 11.8 Å². The molecule has 10 nitrogen and oxygen atoms in total. The van der Waals surface area contributed by atoms with Gasteiger partial charge >= 0.3 is 17.9 Å².